The lowest BCUT2D eigenvalue weighted by Crippen LogP contribution is -2.47. The van der Waals surface area contributed by atoms with Crippen molar-refractivity contribution < 1.29 is 13.2 Å². The topological polar surface area (TPSA) is 36.4 Å². The van der Waals surface area contributed by atoms with Gasteiger partial charge in [-0.1, -0.05) is 0 Å². The van der Waals surface area contributed by atoms with Crippen LogP contribution in [0.5, 0.6) is 0 Å². The molecule has 2 rings (SSSR count). The van der Waals surface area contributed by atoms with Gasteiger partial charge in [-0.25, -0.2) is 0 Å². The molecule has 0 amide bonds. The van der Waals surface area contributed by atoms with Crippen LogP contribution in [-0.4, -0.2) is 43.3 Å². The molecule has 1 aliphatic carbocycles. The standard InChI is InChI=1S/C15H26F3N3S/c1-19-14(20-10-11-6-8-22-9-7-11)21-13-4-2-12(3-5-13)15(16,17)18/h11-13H,2-10H2,1H3,(H2,19,20,21). The van der Waals surface area contributed by atoms with Gasteiger partial charge in [-0.2, -0.15) is 24.9 Å². The van der Waals surface area contributed by atoms with Crippen molar-refractivity contribution in [3.63, 3.8) is 0 Å². The molecule has 0 radical (unpaired) electrons. The highest BCUT2D eigenvalue weighted by molar-refractivity contribution is 7.99. The fraction of sp³-hybridized carbons (Fsp3) is 0.933. The maximum atomic E-state index is 12.7. The highest BCUT2D eigenvalue weighted by Gasteiger charge is 2.41. The Morgan fingerprint density at radius 3 is 2.27 bits per heavy atom. The summed E-state index contributed by atoms with van der Waals surface area (Å²) in [5.74, 6) is 2.73. The van der Waals surface area contributed by atoms with Crippen LogP contribution in [0.2, 0.25) is 0 Å². The molecule has 0 aromatic heterocycles. The average Bonchev–Trinajstić information content (AvgIpc) is 2.52. The number of nitrogens with one attached hydrogen (secondary N) is 2. The van der Waals surface area contributed by atoms with Crippen molar-refractivity contribution in [1.29, 1.82) is 0 Å². The summed E-state index contributed by atoms with van der Waals surface area (Å²) >= 11 is 2.00. The van der Waals surface area contributed by atoms with Gasteiger partial charge in [0, 0.05) is 19.6 Å². The third-order valence-electron chi connectivity index (χ3n) is 4.65. The molecule has 1 aliphatic heterocycles. The minimum absolute atomic E-state index is 0.103. The minimum Gasteiger partial charge on any atom is -0.356 e. The molecule has 2 fully saturated rings. The van der Waals surface area contributed by atoms with Crippen LogP contribution >= 0.6 is 11.8 Å². The molecule has 22 heavy (non-hydrogen) atoms. The number of guanidine groups is 1. The van der Waals surface area contributed by atoms with Crippen LogP contribution in [0.3, 0.4) is 0 Å². The predicted octanol–water partition coefficient (Wildman–Crippen LogP) is 3.42. The van der Waals surface area contributed by atoms with Crippen LogP contribution in [-0.2, 0) is 0 Å². The number of thioether (sulfide) groups is 1. The first kappa shape index (κ1) is 17.8. The molecule has 3 nitrogen and oxygen atoms in total. The van der Waals surface area contributed by atoms with E-state index in [4.69, 9.17) is 0 Å². The normalized spacial score (nSPS) is 28.5. The molecular formula is C15H26F3N3S. The highest BCUT2D eigenvalue weighted by Crippen LogP contribution is 2.37. The van der Waals surface area contributed by atoms with E-state index in [1.165, 1.54) is 24.3 Å². The fourth-order valence-electron chi connectivity index (χ4n) is 3.14. The van der Waals surface area contributed by atoms with Crippen LogP contribution in [0.4, 0.5) is 13.2 Å². The molecule has 1 saturated heterocycles. The predicted molar refractivity (Wildman–Crippen MR) is 86.3 cm³/mol. The SMILES string of the molecule is CN=C(NCC1CCSCC1)NC1CCC(C(F)(F)F)CC1. The molecule has 0 aromatic carbocycles. The van der Waals surface area contributed by atoms with Crippen LogP contribution < -0.4 is 10.6 Å². The molecule has 128 valence electrons. The Balaban J connectivity index is 1.70. The van der Waals surface area contributed by atoms with E-state index in [2.05, 4.69) is 15.6 Å². The quantitative estimate of drug-likeness (QED) is 0.612. The van der Waals surface area contributed by atoms with E-state index in [0.29, 0.717) is 18.8 Å². The zero-order valence-corrected chi connectivity index (χ0v) is 13.9. The van der Waals surface area contributed by atoms with E-state index < -0.39 is 12.1 Å². The third-order valence-corrected chi connectivity index (χ3v) is 5.70. The Bertz CT molecular complexity index is 360. The van der Waals surface area contributed by atoms with Gasteiger partial charge in [-0.3, -0.25) is 4.99 Å². The molecule has 0 bridgehead atoms. The lowest BCUT2D eigenvalue weighted by molar-refractivity contribution is -0.182. The second kappa shape index (κ2) is 8.31. The minimum atomic E-state index is -4.04. The first-order chi connectivity index (χ1) is 10.5. The van der Waals surface area contributed by atoms with Crippen LogP contribution in [0.1, 0.15) is 38.5 Å². The zero-order chi connectivity index (χ0) is 16.0. The number of alkyl halides is 3. The van der Waals surface area contributed by atoms with E-state index in [0.717, 1.165) is 12.5 Å². The van der Waals surface area contributed by atoms with Crippen LogP contribution in [0.25, 0.3) is 0 Å². The number of halogens is 3. The van der Waals surface area contributed by atoms with Crippen molar-refractivity contribution >= 4 is 17.7 Å². The van der Waals surface area contributed by atoms with Crippen molar-refractivity contribution in [3.05, 3.63) is 0 Å². The molecular weight excluding hydrogens is 311 g/mol. The Hall–Kier alpha value is -0.590. The average molecular weight is 337 g/mol. The van der Waals surface area contributed by atoms with Crippen molar-refractivity contribution in [3.8, 4) is 0 Å². The van der Waals surface area contributed by atoms with E-state index in [9.17, 15) is 13.2 Å². The van der Waals surface area contributed by atoms with Crippen LogP contribution in [0, 0.1) is 11.8 Å². The third kappa shape index (κ3) is 5.56. The first-order valence-corrected chi connectivity index (χ1v) is 9.26. The highest BCUT2D eigenvalue weighted by atomic mass is 32.2. The van der Waals surface area contributed by atoms with Crippen molar-refractivity contribution in [2.24, 2.45) is 16.8 Å². The van der Waals surface area contributed by atoms with Gasteiger partial charge < -0.3 is 10.6 Å². The van der Waals surface area contributed by atoms with Gasteiger partial charge in [0.05, 0.1) is 5.92 Å². The molecule has 0 unspecified atom stereocenters. The number of hydrogen-bond donors (Lipinski definition) is 2. The van der Waals surface area contributed by atoms with Gasteiger partial charge >= 0.3 is 6.18 Å². The summed E-state index contributed by atoms with van der Waals surface area (Å²) in [7, 11) is 1.72. The summed E-state index contributed by atoms with van der Waals surface area (Å²) in [5.41, 5.74) is 0. The summed E-state index contributed by atoms with van der Waals surface area (Å²) in [4.78, 5) is 4.20. The van der Waals surface area contributed by atoms with E-state index >= 15 is 0 Å². The first-order valence-electron chi connectivity index (χ1n) is 8.10. The second-order valence-electron chi connectivity index (χ2n) is 6.24. The monoisotopic (exact) mass is 337 g/mol. The maximum Gasteiger partial charge on any atom is 0.391 e. The largest absolute Gasteiger partial charge is 0.391 e. The Morgan fingerprint density at radius 1 is 1.09 bits per heavy atom. The molecule has 2 N–H and O–H groups in total. The second-order valence-corrected chi connectivity index (χ2v) is 7.47. The zero-order valence-electron chi connectivity index (χ0n) is 13.1. The Kier molecular flexibility index (Phi) is 6.71. The summed E-state index contributed by atoms with van der Waals surface area (Å²) in [6, 6.07) is 0.103. The lowest BCUT2D eigenvalue weighted by atomic mass is 9.85. The van der Waals surface area contributed by atoms with Gasteiger partial charge in [0.1, 0.15) is 0 Å². The van der Waals surface area contributed by atoms with Gasteiger partial charge in [0.25, 0.3) is 0 Å². The lowest BCUT2D eigenvalue weighted by Gasteiger charge is -2.31. The molecule has 1 heterocycles. The van der Waals surface area contributed by atoms with E-state index in [-0.39, 0.29) is 18.9 Å². The number of hydrogen-bond acceptors (Lipinski definition) is 2. The van der Waals surface area contributed by atoms with Crippen molar-refractivity contribution in [1.82, 2.24) is 10.6 Å². The smallest absolute Gasteiger partial charge is 0.356 e. The number of aliphatic imine (C=N–C) groups is 1. The van der Waals surface area contributed by atoms with Gasteiger partial charge in [0.2, 0.25) is 0 Å². The molecule has 0 atom stereocenters. The molecule has 2 aliphatic rings. The molecule has 0 aromatic rings. The number of rotatable bonds is 3. The van der Waals surface area contributed by atoms with Crippen LogP contribution in [0.15, 0.2) is 4.99 Å². The van der Waals surface area contributed by atoms with Gasteiger partial charge in [0.15, 0.2) is 5.96 Å². The molecule has 1 saturated carbocycles. The summed E-state index contributed by atoms with van der Waals surface area (Å²) < 4.78 is 38.0. The fourth-order valence-corrected chi connectivity index (χ4v) is 4.35. The maximum absolute atomic E-state index is 12.7. The summed E-state index contributed by atoms with van der Waals surface area (Å²) in [6.07, 6.45) is -0.0213. The molecule has 0 spiro atoms. The number of nitrogens with zero attached hydrogens (tertiary/aromatic N) is 1. The summed E-state index contributed by atoms with van der Waals surface area (Å²) in [5, 5.41) is 6.62. The summed E-state index contributed by atoms with van der Waals surface area (Å²) in [6.45, 7) is 0.901. The van der Waals surface area contributed by atoms with E-state index in [1.54, 1.807) is 7.05 Å². The Morgan fingerprint density at radius 2 is 1.73 bits per heavy atom. The molecule has 7 heteroatoms. The van der Waals surface area contributed by atoms with E-state index in [1.807, 2.05) is 11.8 Å². The van der Waals surface area contributed by atoms with Crippen molar-refractivity contribution in [2.75, 3.05) is 25.1 Å². The Labute approximate surface area is 134 Å². The van der Waals surface area contributed by atoms with Gasteiger partial charge in [-0.15, -0.1) is 0 Å². The van der Waals surface area contributed by atoms with Crippen molar-refractivity contribution in [2.45, 2.75) is 50.7 Å². The van der Waals surface area contributed by atoms with Gasteiger partial charge in [-0.05, 0) is 55.9 Å².